The van der Waals surface area contributed by atoms with E-state index in [0.29, 0.717) is 11.6 Å². The summed E-state index contributed by atoms with van der Waals surface area (Å²) in [5.74, 6) is 0.851. The van der Waals surface area contributed by atoms with Gasteiger partial charge >= 0.3 is 0 Å². The minimum absolute atomic E-state index is 0.104. The fourth-order valence-corrected chi connectivity index (χ4v) is 3.29. The largest absolute Gasteiger partial charge is 0.385 e. The second-order valence-electron chi connectivity index (χ2n) is 6.36. The van der Waals surface area contributed by atoms with Crippen molar-refractivity contribution >= 4 is 28.5 Å². The van der Waals surface area contributed by atoms with Crippen LogP contribution in [0.25, 0.3) is 11.0 Å². The molecule has 0 radical (unpaired) electrons. The summed E-state index contributed by atoms with van der Waals surface area (Å²) >= 11 is 6.00. The molecule has 1 unspecified atom stereocenters. The van der Waals surface area contributed by atoms with Gasteiger partial charge in [0.2, 0.25) is 5.91 Å². The number of halogens is 1. The molecule has 23 heavy (non-hydrogen) atoms. The van der Waals surface area contributed by atoms with Crippen molar-refractivity contribution in [1.82, 2.24) is 15.3 Å². The number of aromatic amines is 1. The zero-order valence-electron chi connectivity index (χ0n) is 13.5. The number of nitrogens with one attached hydrogen (secondary N) is 2. The van der Waals surface area contributed by atoms with E-state index in [1.807, 2.05) is 25.1 Å². The quantitative estimate of drug-likeness (QED) is 0.847. The second kappa shape index (κ2) is 6.49. The molecule has 1 amide bonds. The number of methoxy groups -OCH3 is 1. The third-order valence-electron chi connectivity index (χ3n) is 4.80. The summed E-state index contributed by atoms with van der Waals surface area (Å²) in [6.45, 7) is 2.56. The Morgan fingerprint density at radius 2 is 2.30 bits per heavy atom. The molecule has 3 rings (SSSR count). The van der Waals surface area contributed by atoms with Crippen LogP contribution in [0.2, 0.25) is 5.02 Å². The molecule has 0 bridgehead atoms. The van der Waals surface area contributed by atoms with Gasteiger partial charge in [0, 0.05) is 18.7 Å². The molecule has 1 aliphatic rings. The SMILES string of the molecule is COCCC1(C(=O)NC(C)c2nc3ccc(Cl)cc3[nH]2)CCC1. The molecule has 1 atom stereocenters. The van der Waals surface area contributed by atoms with Gasteiger partial charge in [-0.25, -0.2) is 4.98 Å². The summed E-state index contributed by atoms with van der Waals surface area (Å²) in [6.07, 6.45) is 3.75. The van der Waals surface area contributed by atoms with Gasteiger partial charge in [-0.2, -0.15) is 0 Å². The van der Waals surface area contributed by atoms with Crippen LogP contribution in [0.5, 0.6) is 0 Å². The molecule has 0 saturated heterocycles. The van der Waals surface area contributed by atoms with Gasteiger partial charge in [-0.1, -0.05) is 18.0 Å². The summed E-state index contributed by atoms with van der Waals surface area (Å²) in [6, 6.07) is 5.35. The lowest BCUT2D eigenvalue weighted by molar-refractivity contribution is -0.138. The maximum absolute atomic E-state index is 12.7. The molecule has 2 aromatic rings. The molecule has 2 N–H and O–H groups in total. The first-order valence-electron chi connectivity index (χ1n) is 7.99. The van der Waals surface area contributed by atoms with Crippen molar-refractivity contribution in [1.29, 1.82) is 0 Å². The van der Waals surface area contributed by atoms with Gasteiger partial charge in [0.1, 0.15) is 5.82 Å². The van der Waals surface area contributed by atoms with Gasteiger partial charge in [0.15, 0.2) is 0 Å². The number of aromatic nitrogens is 2. The zero-order chi connectivity index (χ0) is 16.4. The first-order chi connectivity index (χ1) is 11.0. The Labute approximate surface area is 140 Å². The summed E-state index contributed by atoms with van der Waals surface area (Å²) < 4.78 is 5.15. The number of fused-ring (bicyclic) bond motifs is 1. The van der Waals surface area contributed by atoms with Crippen LogP contribution in [0.1, 0.15) is 44.5 Å². The smallest absolute Gasteiger partial charge is 0.226 e. The number of amides is 1. The molecule has 5 nitrogen and oxygen atoms in total. The maximum atomic E-state index is 12.7. The highest BCUT2D eigenvalue weighted by atomic mass is 35.5. The number of ether oxygens (including phenoxy) is 1. The minimum Gasteiger partial charge on any atom is -0.385 e. The Balaban J connectivity index is 1.72. The second-order valence-corrected chi connectivity index (χ2v) is 6.79. The predicted molar refractivity (Wildman–Crippen MR) is 90.4 cm³/mol. The highest BCUT2D eigenvalue weighted by molar-refractivity contribution is 6.31. The number of benzene rings is 1. The van der Waals surface area contributed by atoms with E-state index in [9.17, 15) is 4.79 Å². The monoisotopic (exact) mass is 335 g/mol. The van der Waals surface area contributed by atoms with Gasteiger partial charge in [-0.3, -0.25) is 4.79 Å². The molecule has 124 valence electrons. The molecular formula is C17H22ClN3O2. The number of nitrogens with zero attached hydrogens (tertiary/aromatic N) is 1. The third kappa shape index (κ3) is 3.21. The van der Waals surface area contributed by atoms with Crippen molar-refractivity contribution < 1.29 is 9.53 Å². The molecule has 1 saturated carbocycles. The van der Waals surface area contributed by atoms with E-state index in [1.165, 1.54) is 0 Å². The summed E-state index contributed by atoms with van der Waals surface area (Å²) in [5.41, 5.74) is 1.47. The van der Waals surface area contributed by atoms with Gasteiger partial charge in [-0.15, -0.1) is 0 Å². The number of hydrogen-bond donors (Lipinski definition) is 2. The van der Waals surface area contributed by atoms with Crippen molar-refractivity contribution in [3.63, 3.8) is 0 Å². The Kier molecular flexibility index (Phi) is 4.60. The molecule has 0 aliphatic heterocycles. The van der Waals surface area contributed by atoms with E-state index < -0.39 is 0 Å². The number of hydrogen-bond acceptors (Lipinski definition) is 3. The molecule has 1 heterocycles. The number of carbonyl (C=O) groups is 1. The fourth-order valence-electron chi connectivity index (χ4n) is 3.12. The van der Waals surface area contributed by atoms with Crippen LogP contribution < -0.4 is 5.32 Å². The lowest BCUT2D eigenvalue weighted by atomic mass is 9.66. The van der Waals surface area contributed by atoms with Crippen molar-refractivity contribution in [2.45, 2.75) is 38.6 Å². The van der Waals surface area contributed by atoms with E-state index in [2.05, 4.69) is 15.3 Å². The molecule has 6 heteroatoms. The molecular weight excluding hydrogens is 314 g/mol. The normalized spacial score (nSPS) is 17.7. The molecule has 1 fully saturated rings. The average molecular weight is 336 g/mol. The third-order valence-corrected chi connectivity index (χ3v) is 5.03. The van der Waals surface area contributed by atoms with Crippen LogP contribution in [-0.2, 0) is 9.53 Å². The van der Waals surface area contributed by atoms with Crippen LogP contribution >= 0.6 is 11.6 Å². The molecule has 0 spiro atoms. The number of imidazole rings is 1. The zero-order valence-corrected chi connectivity index (χ0v) is 14.2. The Hall–Kier alpha value is -1.59. The van der Waals surface area contributed by atoms with Crippen molar-refractivity contribution in [3.8, 4) is 0 Å². The highest BCUT2D eigenvalue weighted by Gasteiger charge is 2.44. The van der Waals surface area contributed by atoms with E-state index in [-0.39, 0.29) is 17.4 Å². The van der Waals surface area contributed by atoms with Crippen molar-refractivity contribution in [2.24, 2.45) is 5.41 Å². The topological polar surface area (TPSA) is 67.0 Å². The number of H-pyrrole nitrogens is 1. The average Bonchev–Trinajstić information content (AvgIpc) is 2.89. The van der Waals surface area contributed by atoms with E-state index in [1.54, 1.807) is 7.11 Å². The summed E-state index contributed by atoms with van der Waals surface area (Å²) in [5, 5.41) is 3.77. The fraction of sp³-hybridized carbons (Fsp3) is 0.529. The van der Waals surface area contributed by atoms with Gasteiger partial charge in [0.05, 0.1) is 22.5 Å². The molecule has 1 aromatic heterocycles. The lowest BCUT2D eigenvalue weighted by Gasteiger charge is -2.40. The molecule has 1 aliphatic carbocycles. The van der Waals surface area contributed by atoms with Crippen LogP contribution in [0.3, 0.4) is 0 Å². The van der Waals surface area contributed by atoms with Crippen LogP contribution in [0.15, 0.2) is 18.2 Å². The van der Waals surface area contributed by atoms with Gasteiger partial charge in [0.25, 0.3) is 0 Å². The Morgan fingerprint density at radius 1 is 1.52 bits per heavy atom. The maximum Gasteiger partial charge on any atom is 0.226 e. The standard InChI is InChI=1S/C17H22ClN3O2/c1-11(15-20-13-5-4-12(18)10-14(13)21-15)19-16(22)17(6-3-7-17)8-9-23-2/h4-5,10-11H,3,6-9H2,1-2H3,(H,19,22)(H,20,21). The first-order valence-corrected chi connectivity index (χ1v) is 8.37. The van der Waals surface area contributed by atoms with Crippen molar-refractivity contribution in [2.75, 3.05) is 13.7 Å². The van der Waals surface area contributed by atoms with Gasteiger partial charge < -0.3 is 15.0 Å². The van der Waals surface area contributed by atoms with Gasteiger partial charge in [-0.05, 0) is 44.4 Å². The summed E-state index contributed by atoms with van der Waals surface area (Å²) in [7, 11) is 1.67. The number of carbonyl (C=O) groups excluding carboxylic acids is 1. The minimum atomic E-state index is -0.264. The highest BCUT2D eigenvalue weighted by Crippen LogP contribution is 2.44. The number of rotatable bonds is 6. The first kappa shape index (κ1) is 16.3. The predicted octanol–water partition coefficient (Wildman–Crippen LogP) is 3.60. The van der Waals surface area contributed by atoms with Crippen LogP contribution in [0, 0.1) is 5.41 Å². The Morgan fingerprint density at radius 3 is 2.96 bits per heavy atom. The Bertz CT molecular complexity index is 709. The van der Waals surface area contributed by atoms with Crippen LogP contribution in [0.4, 0.5) is 0 Å². The summed E-state index contributed by atoms with van der Waals surface area (Å²) in [4.78, 5) is 20.5. The van der Waals surface area contributed by atoms with Crippen LogP contribution in [-0.4, -0.2) is 29.6 Å². The van der Waals surface area contributed by atoms with E-state index in [4.69, 9.17) is 16.3 Å². The molecule has 1 aromatic carbocycles. The van der Waals surface area contributed by atoms with Crippen molar-refractivity contribution in [3.05, 3.63) is 29.0 Å². The lowest BCUT2D eigenvalue weighted by Crippen LogP contribution is -2.47. The van der Waals surface area contributed by atoms with E-state index in [0.717, 1.165) is 42.5 Å². The van der Waals surface area contributed by atoms with E-state index >= 15 is 0 Å².